The molecule has 4 aliphatic rings. The molecule has 55 heavy (non-hydrogen) atoms. The van der Waals surface area contributed by atoms with Gasteiger partial charge in [-0.15, -0.1) is 0 Å². The van der Waals surface area contributed by atoms with Crippen LogP contribution in [0.2, 0.25) is 0 Å². The molecule has 5 unspecified atom stereocenters. The number of amides is 2. The van der Waals surface area contributed by atoms with Crippen LogP contribution in [0.25, 0.3) is 0 Å². The molecule has 0 spiro atoms. The number of rotatable bonds is 11. The molecule has 2 fully saturated rings. The van der Waals surface area contributed by atoms with Crippen molar-refractivity contribution in [2.75, 3.05) is 74.7 Å². The average molecular weight is 771 g/mol. The molecule has 0 aromatic heterocycles. The Bertz CT molecular complexity index is 1840. The highest BCUT2D eigenvalue weighted by molar-refractivity contribution is 6.31. The minimum atomic E-state index is -2.25. The number of benzene rings is 2. The summed E-state index contributed by atoms with van der Waals surface area (Å²) in [5.41, 5.74) is -3.55. The fraction of sp³-hybridized carbons (Fsp3) is 0.579. The van der Waals surface area contributed by atoms with Crippen molar-refractivity contribution in [3.8, 4) is 17.2 Å². The van der Waals surface area contributed by atoms with Crippen LogP contribution in [-0.4, -0.2) is 170 Å². The van der Waals surface area contributed by atoms with E-state index in [1.165, 1.54) is 49.3 Å². The van der Waals surface area contributed by atoms with Crippen LogP contribution in [0.15, 0.2) is 18.2 Å². The fourth-order valence-electron chi connectivity index (χ4n) is 8.11. The van der Waals surface area contributed by atoms with Gasteiger partial charge < -0.3 is 59.2 Å². The summed E-state index contributed by atoms with van der Waals surface area (Å²) < 4.78 is 29.1. The van der Waals surface area contributed by atoms with Gasteiger partial charge in [0.1, 0.15) is 22.8 Å². The van der Waals surface area contributed by atoms with Crippen LogP contribution in [0.4, 0.5) is 0 Å². The number of carbonyl (C=O) groups is 4. The predicted molar refractivity (Wildman–Crippen MR) is 193 cm³/mol. The quantitative estimate of drug-likeness (QED) is 0.161. The van der Waals surface area contributed by atoms with Gasteiger partial charge in [0.25, 0.3) is 5.91 Å². The van der Waals surface area contributed by atoms with E-state index in [0.717, 1.165) is 0 Å². The molecule has 5 N–H and O–H groups in total. The smallest absolute Gasteiger partial charge is 0.254 e. The van der Waals surface area contributed by atoms with E-state index in [1.54, 1.807) is 21.0 Å². The highest BCUT2D eigenvalue weighted by atomic mass is 16.7. The number of nitrogens with one attached hydrogen (secondary N) is 1. The lowest BCUT2D eigenvalue weighted by atomic mass is 9.72. The zero-order chi connectivity index (χ0) is 39.9. The van der Waals surface area contributed by atoms with Gasteiger partial charge in [-0.1, -0.05) is 12.1 Å². The van der Waals surface area contributed by atoms with Crippen LogP contribution in [0.1, 0.15) is 68.8 Å². The van der Waals surface area contributed by atoms with E-state index in [0.29, 0.717) is 19.7 Å². The van der Waals surface area contributed by atoms with Gasteiger partial charge in [0.15, 0.2) is 18.4 Å². The predicted octanol–water partition coefficient (Wildman–Crippen LogP) is -0.0779. The lowest BCUT2D eigenvalue weighted by molar-refractivity contribution is -0.267. The van der Waals surface area contributed by atoms with Gasteiger partial charge in [-0.05, 0) is 20.0 Å². The zero-order valence-electron chi connectivity index (χ0n) is 31.9. The van der Waals surface area contributed by atoms with Crippen molar-refractivity contribution in [1.82, 2.24) is 20.0 Å². The van der Waals surface area contributed by atoms with Crippen LogP contribution < -0.4 is 10.1 Å². The third kappa shape index (κ3) is 7.42. The van der Waals surface area contributed by atoms with E-state index in [2.05, 4.69) is 5.32 Å². The number of aromatic hydroxyl groups is 2. The van der Waals surface area contributed by atoms with Crippen LogP contribution >= 0.6 is 0 Å². The van der Waals surface area contributed by atoms with Crippen molar-refractivity contribution in [2.45, 2.75) is 68.7 Å². The molecule has 2 aromatic carbocycles. The number of hydrogen-bond acceptors (Lipinski definition) is 15. The third-order valence-electron chi connectivity index (χ3n) is 11.1. The number of likely N-dealkylation sites (N-methyl/N-ethyl adjacent to an activating group) is 3. The first-order valence-electron chi connectivity index (χ1n) is 18.3. The minimum absolute atomic E-state index is 0.0450. The van der Waals surface area contributed by atoms with E-state index in [9.17, 15) is 39.6 Å². The first kappa shape index (κ1) is 40.5. The van der Waals surface area contributed by atoms with Crippen molar-refractivity contribution in [3.63, 3.8) is 0 Å². The molecule has 6 rings (SSSR count). The maximum Gasteiger partial charge on any atom is 0.254 e. The second-order valence-electron chi connectivity index (χ2n) is 14.6. The first-order valence-corrected chi connectivity index (χ1v) is 18.3. The Hall–Kier alpha value is -4.20. The Labute approximate surface area is 318 Å². The van der Waals surface area contributed by atoms with Gasteiger partial charge in [-0.2, -0.15) is 0 Å². The lowest BCUT2D eigenvalue weighted by Gasteiger charge is -2.47. The van der Waals surface area contributed by atoms with Crippen molar-refractivity contribution in [3.05, 3.63) is 51.6 Å². The fourth-order valence-corrected chi connectivity index (χ4v) is 8.11. The summed E-state index contributed by atoms with van der Waals surface area (Å²) in [6.45, 7) is 3.18. The molecule has 300 valence electrons. The summed E-state index contributed by atoms with van der Waals surface area (Å²) in [5.74, 6) is -3.72. The maximum absolute atomic E-state index is 14.2. The van der Waals surface area contributed by atoms with Crippen molar-refractivity contribution < 1.29 is 63.3 Å². The second kappa shape index (κ2) is 16.1. The number of hydrogen-bond donors (Lipinski definition) is 5. The number of phenolic OH excluding ortho intramolecular Hbond substituents is 2. The highest BCUT2D eigenvalue weighted by Crippen LogP contribution is 2.52. The van der Waals surface area contributed by atoms with E-state index < -0.39 is 95.5 Å². The molecule has 0 radical (unpaired) electrons. The molecule has 2 saturated heterocycles. The number of ether oxygens (including phenoxy) is 5. The Morgan fingerprint density at radius 2 is 1.75 bits per heavy atom. The molecule has 2 heterocycles. The van der Waals surface area contributed by atoms with Gasteiger partial charge in [0.2, 0.25) is 11.7 Å². The summed E-state index contributed by atoms with van der Waals surface area (Å²) in [7, 11) is 7.56. The van der Waals surface area contributed by atoms with Crippen molar-refractivity contribution in [2.24, 2.45) is 0 Å². The molecule has 7 atom stereocenters. The number of carbonyl (C=O) groups excluding carboxylic acids is 4. The van der Waals surface area contributed by atoms with Gasteiger partial charge in [0.05, 0.1) is 55.3 Å². The summed E-state index contributed by atoms with van der Waals surface area (Å²) in [4.78, 5) is 59.3. The summed E-state index contributed by atoms with van der Waals surface area (Å²) in [6, 6.07) is 3.95. The number of nitrogens with zero attached hydrogens (tertiary/aromatic N) is 3. The number of aliphatic hydroxyl groups is 2. The largest absolute Gasteiger partial charge is 0.507 e. The second-order valence-corrected chi connectivity index (χ2v) is 14.6. The Morgan fingerprint density at radius 3 is 2.44 bits per heavy atom. The van der Waals surface area contributed by atoms with Crippen LogP contribution in [-0.2, 0) is 35.0 Å². The van der Waals surface area contributed by atoms with E-state index in [4.69, 9.17) is 23.7 Å². The normalized spacial score (nSPS) is 27.9. The van der Waals surface area contributed by atoms with Crippen LogP contribution in [0.3, 0.4) is 0 Å². The molecule has 2 aliphatic heterocycles. The molecular weight excluding hydrogens is 720 g/mol. The minimum Gasteiger partial charge on any atom is -0.507 e. The molecule has 2 aliphatic carbocycles. The van der Waals surface area contributed by atoms with Gasteiger partial charge in [-0.3, -0.25) is 24.1 Å². The summed E-state index contributed by atoms with van der Waals surface area (Å²) in [5, 5.41) is 50.1. The first-order chi connectivity index (χ1) is 26.1. The zero-order valence-corrected chi connectivity index (χ0v) is 31.9. The Morgan fingerprint density at radius 1 is 1.04 bits per heavy atom. The average Bonchev–Trinajstić information content (AvgIpc) is 3.17. The lowest BCUT2D eigenvalue weighted by Crippen LogP contribution is -2.59. The van der Waals surface area contributed by atoms with E-state index in [-0.39, 0.29) is 60.0 Å². The topological polar surface area (TPSA) is 217 Å². The molecule has 0 bridgehead atoms. The number of aliphatic hydroxyl groups excluding tert-OH is 1. The molecular formula is C38H50N4O13. The molecule has 2 amide bonds. The SMILES string of the molecule is CNCC(=O)N(C)CCN(C)C(=O)[C@]1(O)Cc2c(O)c3c(c(O)c2[C@@H](OC2CC(N4CCOC(OC)C4)C(O)C(C)O2)C1)C(=O)c1c(OC)cccc1C3=O. The standard InChI is InChI=1S/C38H50N4O13/c1-19-32(44)22(42-12-13-53-27(18-42)52-6)14-26(54-19)55-24-16-38(50,37(49)41(4)11-10-40(3)25(43)17-39-2)15-21-29(24)36(48)31-30(34(21)46)33(45)20-8-7-9-23(51-5)28(20)35(31)47/h7-9,19,22,24,26-27,32,39,44,46,48,50H,10-18H2,1-6H3/t19?,22?,24-,26?,27?,32?,38-/m0/s1. The number of phenols is 2. The van der Waals surface area contributed by atoms with E-state index >= 15 is 0 Å². The van der Waals surface area contributed by atoms with E-state index in [1.807, 2.05) is 4.90 Å². The van der Waals surface area contributed by atoms with Crippen LogP contribution in [0.5, 0.6) is 17.2 Å². The monoisotopic (exact) mass is 770 g/mol. The maximum atomic E-state index is 14.2. The Kier molecular flexibility index (Phi) is 11.9. The molecule has 17 heteroatoms. The number of ketones is 2. The van der Waals surface area contributed by atoms with Gasteiger partial charge >= 0.3 is 0 Å². The molecule has 17 nitrogen and oxygen atoms in total. The highest BCUT2D eigenvalue weighted by Gasteiger charge is 2.52. The van der Waals surface area contributed by atoms with Gasteiger partial charge in [0, 0.05) is 89.4 Å². The number of morpholine rings is 1. The summed E-state index contributed by atoms with van der Waals surface area (Å²) >= 11 is 0. The van der Waals surface area contributed by atoms with Crippen molar-refractivity contribution in [1.29, 1.82) is 0 Å². The van der Waals surface area contributed by atoms with Crippen LogP contribution in [0, 0.1) is 0 Å². The molecule has 0 saturated carbocycles. The number of fused-ring (bicyclic) bond motifs is 3. The number of methoxy groups -OCH3 is 2. The summed E-state index contributed by atoms with van der Waals surface area (Å²) in [6.07, 6.45) is -5.49. The molecule has 2 aromatic rings. The third-order valence-corrected chi connectivity index (χ3v) is 11.1. The van der Waals surface area contributed by atoms with Crippen molar-refractivity contribution >= 4 is 23.4 Å². The van der Waals surface area contributed by atoms with Gasteiger partial charge in [-0.25, -0.2) is 0 Å². The Balaban J connectivity index is 1.39.